The zero-order chi connectivity index (χ0) is 19.4. The molecule has 1 saturated heterocycles. The standard InChI is InChI=1S/C19H21N7O2/c1-10-11(2)22-18-16(21-10)19(28)24-17(23-18)12-3-6-15(27)25(8-12)14-7-20-26(9-14)13-4-5-13/h7,9,12-13H,3-6,8H2,1-2H3,(H,22,23,24,28). The van der Waals surface area contributed by atoms with Crippen LogP contribution in [0.15, 0.2) is 17.2 Å². The van der Waals surface area contributed by atoms with E-state index in [1.807, 2.05) is 24.7 Å². The molecule has 1 aliphatic carbocycles. The average Bonchev–Trinajstić information content (AvgIpc) is 3.41. The molecule has 0 aromatic carbocycles. The normalized spacial score (nSPS) is 20.1. The zero-order valence-electron chi connectivity index (χ0n) is 15.8. The maximum Gasteiger partial charge on any atom is 0.279 e. The smallest absolute Gasteiger partial charge is 0.279 e. The molecule has 1 unspecified atom stereocenters. The van der Waals surface area contributed by atoms with E-state index in [1.165, 1.54) is 0 Å². The van der Waals surface area contributed by atoms with Crippen LogP contribution in [0.5, 0.6) is 0 Å². The van der Waals surface area contributed by atoms with Crippen LogP contribution < -0.4 is 10.5 Å². The molecule has 2 aliphatic rings. The highest BCUT2D eigenvalue weighted by Crippen LogP contribution is 2.36. The Hall–Kier alpha value is -3.10. The van der Waals surface area contributed by atoms with Crippen LogP contribution in [0, 0.1) is 13.8 Å². The van der Waals surface area contributed by atoms with Gasteiger partial charge in [-0.3, -0.25) is 14.3 Å². The van der Waals surface area contributed by atoms with E-state index in [-0.39, 0.29) is 22.9 Å². The molecule has 28 heavy (non-hydrogen) atoms. The number of anilines is 1. The van der Waals surface area contributed by atoms with E-state index in [0.717, 1.165) is 29.9 Å². The Kier molecular flexibility index (Phi) is 3.78. The Labute approximate surface area is 160 Å². The monoisotopic (exact) mass is 379 g/mol. The average molecular weight is 379 g/mol. The molecule has 0 radical (unpaired) electrons. The quantitative estimate of drug-likeness (QED) is 0.743. The van der Waals surface area contributed by atoms with Gasteiger partial charge in [0, 0.05) is 25.1 Å². The highest BCUT2D eigenvalue weighted by Gasteiger charge is 2.31. The number of amides is 1. The van der Waals surface area contributed by atoms with E-state index in [0.29, 0.717) is 36.9 Å². The minimum atomic E-state index is -0.291. The molecule has 9 heteroatoms. The molecular weight excluding hydrogens is 358 g/mol. The van der Waals surface area contributed by atoms with Crippen molar-refractivity contribution in [3.8, 4) is 0 Å². The SMILES string of the molecule is Cc1nc2nc(C3CCC(=O)N(c4cnn(C5CC5)c4)C3)[nH]c(=O)c2nc1C. The topological polar surface area (TPSA) is 110 Å². The van der Waals surface area contributed by atoms with Crippen LogP contribution >= 0.6 is 0 Å². The van der Waals surface area contributed by atoms with E-state index in [1.54, 1.807) is 11.1 Å². The largest absolute Gasteiger partial charge is 0.309 e. The summed E-state index contributed by atoms with van der Waals surface area (Å²) in [6.45, 7) is 4.13. The molecule has 3 aromatic rings. The number of aromatic nitrogens is 6. The lowest BCUT2D eigenvalue weighted by Gasteiger charge is -2.31. The van der Waals surface area contributed by atoms with Crippen LogP contribution in [-0.2, 0) is 4.79 Å². The Morgan fingerprint density at radius 3 is 2.64 bits per heavy atom. The number of H-pyrrole nitrogens is 1. The van der Waals surface area contributed by atoms with Gasteiger partial charge in [0.25, 0.3) is 5.56 Å². The molecule has 1 atom stereocenters. The van der Waals surface area contributed by atoms with Crippen LogP contribution in [0.2, 0.25) is 0 Å². The second-order valence-corrected chi connectivity index (χ2v) is 7.67. The van der Waals surface area contributed by atoms with E-state index >= 15 is 0 Å². The molecule has 2 fully saturated rings. The number of nitrogens with zero attached hydrogens (tertiary/aromatic N) is 6. The maximum absolute atomic E-state index is 12.5. The van der Waals surface area contributed by atoms with Gasteiger partial charge in [0.05, 0.1) is 29.3 Å². The summed E-state index contributed by atoms with van der Waals surface area (Å²) in [4.78, 5) is 42.9. The number of carbonyl (C=O) groups is 1. The first kappa shape index (κ1) is 17.0. The highest BCUT2D eigenvalue weighted by atomic mass is 16.2. The maximum atomic E-state index is 12.5. The molecule has 1 N–H and O–H groups in total. The zero-order valence-corrected chi connectivity index (χ0v) is 15.8. The Balaban J connectivity index is 1.47. The second kappa shape index (κ2) is 6.22. The number of rotatable bonds is 3. The van der Waals surface area contributed by atoms with Crippen molar-refractivity contribution in [2.45, 2.75) is 51.5 Å². The third-order valence-electron chi connectivity index (χ3n) is 5.59. The number of aromatic amines is 1. The predicted molar refractivity (Wildman–Crippen MR) is 102 cm³/mol. The number of hydrogen-bond acceptors (Lipinski definition) is 6. The minimum Gasteiger partial charge on any atom is -0.309 e. The van der Waals surface area contributed by atoms with Crippen molar-refractivity contribution in [3.63, 3.8) is 0 Å². The lowest BCUT2D eigenvalue weighted by atomic mass is 9.96. The number of aryl methyl sites for hydroxylation is 2. The first-order valence-corrected chi connectivity index (χ1v) is 9.59. The Morgan fingerprint density at radius 2 is 1.86 bits per heavy atom. The van der Waals surface area contributed by atoms with Gasteiger partial charge in [-0.2, -0.15) is 5.10 Å². The van der Waals surface area contributed by atoms with Gasteiger partial charge in [-0.05, 0) is 33.1 Å². The lowest BCUT2D eigenvalue weighted by molar-refractivity contribution is -0.119. The second-order valence-electron chi connectivity index (χ2n) is 7.67. The fraction of sp³-hybridized carbons (Fsp3) is 0.474. The Bertz CT molecular complexity index is 1140. The van der Waals surface area contributed by atoms with Crippen LogP contribution in [0.1, 0.15) is 54.9 Å². The summed E-state index contributed by atoms with van der Waals surface area (Å²) in [5, 5.41) is 4.39. The Morgan fingerprint density at radius 1 is 1.07 bits per heavy atom. The molecule has 3 aromatic heterocycles. The summed E-state index contributed by atoms with van der Waals surface area (Å²) in [5.41, 5.74) is 2.59. The first-order chi connectivity index (χ1) is 13.5. The molecule has 4 heterocycles. The van der Waals surface area contributed by atoms with Crippen LogP contribution in [0.3, 0.4) is 0 Å². The molecular formula is C19H21N7O2. The predicted octanol–water partition coefficient (Wildman–Crippen LogP) is 1.77. The van der Waals surface area contributed by atoms with Gasteiger partial charge in [-0.25, -0.2) is 15.0 Å². The molecule has 0 bridgehead atoms. The third-order valence-corrected chi connectivity index (χ3v) is 5.59. The van der Waals surface area contributed by atoms with Gasteiger partial charge < -0.3 is 9.88 Å². The summed E-state index contributed by atoms with van der Waals surface area (Å²) < 4.78 is 1.93. The summed E-state index contributed by atoms with van der Waals surface area (Å²) in [5.74, 6) is 0.561. The van der Waals surface area contributed by atoms with Crippen molar-refractivity contribution >= 4 is 22.8 Å². The van der Waals surface area contributed by atoms with E-state index < -0.39 is 0 Å². The summed E-state index contributed by atoms with van der Waals surface area (Å²) >= 11 is 0. The van der Waals surface area contributed by atoms with Crippen LogP contribution in [0.25, 0.3) is 11.2 Å². The van der Waals surface area contributed by atoms with Crippen LogP contribution in [0.4, 0.5) is 5.69 Å². The van der Waals surface area contributed by atoms with Gasteiger partial charge in [0.2, 0.25) is 5.91 Å². The summed E-state index contributed by atoms with van der Waals surface area (Å²) in [6, 6.07) is 0.466. The number of piperidine rings is 1. The van der Waals surface area contributed by atoms with Gasteiger partial charge in [-0.15, -0.1) is 0 Å². The number of fused-ring (bicyclic) bond motifs is 1. The minimum absolute atomic E-state index is 0.0671. The summed E-state index contributed by atoms with van der Waals surface area (Å²) in [6.07, 6.45) is 7.00. The number of hydrogen-bond donors (Lipinski definition) is 1. The molecule has 1 aliphatic heterocycles. The fourth-order valence-electron chi connectivity index (χ4n) is 3.66. The van der Waals surface area contributed by atoms with Crippen molar-refractivity contribution in [2.24, 2.45) is 0 Å². The van der Waals surface area contributed by atoms with Crippen molar-refractivity contribution in [2.75, 3.05) is 11.4 Å². The number of nitrogens with one attached hydrogen (secondary N) is 1. The third kappa shape index (κ3) is 2.87. The fourth-order valence-corrected chi connectivity index (χ4v) is 3.66. The van der Waals surface area contributed by atoms with Crippen molar-refractivity contribution in [1.82, 2.24) is 29.7 Å². The molecule has 1 amide bonds. The van der Waals surface area contributed by atoms with Gasteiger partial charge in [0.15, 0.2) is 11.2 Å². The van der Waals surface area contributed by atoms with Crippen molar-refractivity contribution < 1.29 is 4.79 Å². The lowest BCUT2D eigenvalue weighted by Crippen LogP contribution is -2.40. The molecule has 144 valence electrons. The molecule has 1 saturated carbocycles. The van der Waals surface area contributed by atoms with Gasteiger partial charge in [-0.1, -0.05) is 0 Å². The van der Waals surface area contributed by atoms with E-state index in [9.17, 15) is 9.59 Å². The number of carbonyl (C=O) groups excluding carboxylic acids is 1. The van der Waals surface area contributed by atoms with Gasteiger partial charge >= 0.3 is 0 Å². The highest BCUT2D eigenvalue weighted by molar-refractivity contribution is 5.94. The van der Waals surface area contributed by atoms with E-state index in [2.05, 4.69) is 25.0 Å². The molecule has 5 rings (SSSR count). The summed E-state index contributed by atoms with van der Waals surface area (Å²) in [7, 11) is 0. The van der Waals surface area contributed by atoms with Gasteiger partial charge in [0.1, 0.15) is 5.82 Å². The van der Waals surface area contributed by atoms with Crippen molar-refractivity contribution in [1.29, 1.82) is 0 Å². The molecule has 0 spiro atoms. The van der Waals surface area contributed by atoms with Crippen molar-refractivity contribution in [3.05, 3.63) is 40.0 Å². The van der Waals surface area contributed by atoms with Crippen LogP contribution in [-0.4, -0.2) is 42.2 Å². The first-order valence-electron chi connectivity index (χ1n) is 9.59. The van der Waals surface area contributed by atoms with E-state index in [4.69, 9.17) is 0 Å². The molecule has 9 nitrogen and oxygen atoms in total.